The van der Waals surface area contributed by atoms with E-state index in [4.69, 9.17) is 36.8 Å². The SMILES string of the molecule is COc1cc2oc(C(=O)Cl)cc(=O)c2c2oc(C(=O)Cl)cc(=O)c12. The molecule has 0 radical (unpaired) electrons. The number of ether oxygens (including phenoxy) is 1. The van der Waals surface area contributed by atoms with Crippen molar-refractivity contribution < 1.29 is 23.2 Å². The summed E-state index contributed by atoms with van der Waals surface area (Å²) >= 11 is 10.7. The molecule has 0 atom stereocenters. The number of hydrogen-bond acceptors (Lipinski definition) is 7. The summed E-state index contributed by atoms with van der Waals surface area (Å²) in [5.41, 5.74) is -1.65. The van der Waals surface area contributed by atoms with Crippen molar-refractivity contribution in [3.05, 3.63) is 50.2 Å². The van der Waals surface area contributed by atoms with Crippen LogP contribution >= 0.6 is 23.2 Å². The molecule has 0 aliphatic rings. The average molecular weight is 369 g/mol. The van der Waals surface area contributed by atoms with Gasteiger partial charge in [0.25, 0.3) is 10.5 Å². The van der Waals surface area contributed by atoms with Crippen molar-refractivity contribution in [1.82, 2.24) is 0 Å². The monoisotopic (exact) mass is 368 g/mol. The number of carbonyl (C=O) groups is 2. The minimum absolute atomic E-state index is 0.0298. The molecule has 0 N–H and O–H groups in total. The molecule has 2 heterocycles. The first-order valence-corrected chi connectivity index (χ1v) is 7.11. The molecule has 0 saturated heterocycles. The van der Waals surface area contributed by atoms with Crippen LogP contribution in [0.3, 0.4) is 0 Å². The maximum Gasteiger partial charge on any atom is 0.287 e. The van der Waals surface area contributed by atoms with Gasteiger partial charge in [0.05, 0.1) is 7.11 Å². The fourth-order valence-corrected chi connectivity index (χ4v) is 2.47. The summed E-state index contributed by atoms with van der Waals surface area (Å²) in [6, 6.07) is 3.00. The van der Waals surface area contributed by atoms with Crippen molar-refractivity contribution in [3.8, 4) is 5.75 Å². The topological polar surface area (TPSA) is 104 Å². The van der Waals surface area contributed by atoms with Crippen LogP contribution < -0.4 is 15.6 Å². The maximum atomic E-state index is 12.3. The molecule has 9 heteroatoms. The summed E-state index contributed by atoms with van der Waals surface area (Å²) in [6.45, 7) is 0. The highest BCUT2D eigenvalue weighted by atomic mass is 35.5. The highest BCUT2D eigenvalue weighted by Crippen LogP contribution is 2.31. The summed E-state index contributed by atoms with van der Waals surface area (Å²) in [7, 11) is 1.29. The number of hydrogen-bond donors (Lipinski definition) is 0. The molecule has 0 aliphatic heterocycles. The third-order valence-corrected chi connectivity index (χ3v) is 3.64. The number of benzene rings is 1. The van der Waals surface area contributed by atoms with E-state index in [-0.39, 0.29) is 33.4 Å². The molecule has 3 rings (SSSR count). The highest BCUT2D eigenvalue weighted by Gasteiger charge is 2.21. The molecule has 0 bridgehead atoms. The van der Waals surface area contributed by atoms with Gasteiger partial charge in [0.2, 0.25) is 0 Å². The largest absolute Gasteiger partial charge is 0.496 e. The minimum atomic E-state index is -1.01. The number of halogens is 2. The van der Waals surface area contributed by atoms with Crippen molar-refractivity contribution in [2.75, 3.05) is 7.11 Å². The summed E-state index contributed by atoms with van der Waals surface area (Å²) in [5, 5.41) is -2.20. The van der Waals surface area contributed by atoms with E-state index in [1.807, 2.05) is 0 Å². The van der Waals surface area contributed by atoms with E-state index >= 15 is 0 Å². The number of fused-ring (bicyclic) bond motifs is 3. The third-order valence-electron chi connectivity index (χ3n) is 3.27. The summed E-state index contributed by atoms with van der Waals surface area (Å²) in [5.74, 6) is -0.801. The van der Waals surface area contributed by atoms with Gasteiger partial charge in [-0.3, -0.25) is 19.2 Å². The Balaban J connectivity index is 2.62. The van der Waals surface area contributed by atoms with Crippen LogP contribution in [0.15, 0.2) is 36.6 Å². The lowest BCUT2D eigenvalue weighted by atomic mass is 10.1. The standard InChI is InChI=1S/C15H6Cl2O7/c1-22-7-4-8-12(6(19)2-9(23-8)14(16)20)13-11(7)5(18)3-10(24-13)15(17)21/h2-4H,1H3. The normalized spacial score (nSPS) is 11.0. The average Bonchev–Trinajstić information content (AvgIpc) is 2.52. The predicted molar refractivity (Wildman–Crippen MR) is 85.4 cm³/mol. The van der Waals surface area contributed by atoms with E-state index < -0.39 is 27.1 Å². The van der Waals surface area contributed by atoms with Gasteiger partial charge < -0.3 is 13.6 Å². The van der Waals surface area contributed by atoms with Gasteiger partial charge in [0.1, 0.15) is 22.1 Å². The minimum Gasteiger partial charge on any atom is -0.496 e. The first-order chi connectivity index (χ1) is 11.3. The quantitative estimate of drug-likeness (QED) is 0.516. The first-order valence-electron chi connectivity index (χ1n) is 6.36. The number of rotatable bonds is 3. The fourth-order valence-electron chi connectivity index (χ4n) is 2.29. The van der Waals surface area contributed by atoms with Gasteiger partial charge in [0, 0.05) is 18.2 Å². The Morgan fingerprint density at radius 1 is 0.917 bits per heavy atom. The molecule has 122 valence electrons. The molecule has 0 saturated carbocycles. The van der Waals surface area contributed by atoms with E-state index in [2.05, 4.69) is 0 Å². The van der Waals surface area contributed by atoms with Crippen molar-refractivity contribution in [3.63, 3.8) is 0 Å². The zero-order valence-electron chi connectivity index (χ0n) is 11.8. The molecule has 0 spiro atoms. The van der Waals surface area contributed by atoms with Crippen LogP contribution in [0, 0.1) is 0 Å². The zero-order valence-corrected chi connectivity index (χ0v) is 13.4. The highest BCUT2D eigenvalue weighted by molar-refractivity contribution is 6.67. The Hall–Kier alpha value is -2.64. The second-order valence-corrected chi connectivity index (χ2v) is 5.34. The molecule has 7 nitrogen and oxygen atoms in total. The lowest BCUT2D eigenvalue weighted by molar-refractivity contribution is 0.105. The first kappa shape index (κ1) is 16.2. The molecule has 0 fully saturated rings. The van der Waals surface area contributed by atoms with E-state index in [1.54, 1.807) is 0 Å². The lowest BCUT2D eigenvalue weighted by Crippen LogP contribution is -2.10. The van der Waals surface area contributed by atoms with Crippen molar-refractivity contribution in [1.29, 1.82) is 0 Å². The summed E-state index contributed by atoms with van der Waals surface area (Å²) in [4.78, 5) is 47.1. The van der Waals surface area contributed by atoms with Gasteiger partial charge >= 0.3 is 0 Å². The van der Waals surface area contributed by atoms with Gasteiger partial charge in [0.15, 0.2) is 28.0 Å². The van der Waals surface area contributed by atoms with E-state index in [0.29, 0.717) is 0 Å². The van der Waals surface area contributed by atoms with Crippen molar-refractivity contribution >= 4 is 55.6 Å². The molecule has 0 aliphatic carbocycles. The molecular formula is C15H6Cl2O7. The molecule has 0 amide bonds. The van der Waals surface area contributed by atoms with Gasteiger partial charge in [-0.1, -0.05) is 0 Å². The summed E-state index contributed by atoms with van der Waals surface area (Å²) in [6.07, 6.45) is 0. The number of methoxy groups -OCH3 is 1. The van der Waals surface area contributed by atoms with Crippen LogP contribution in [0.5, 0.6) is 5.75 Å². The van der Waals surface area contributed by atoms with Gasteiger partial charge in [-0.25, -0.2) is 0 Å². The Morgan fingerprint density at radius 3 is 2.00 bits per heavy atom. The van der Waals surface area contributed by atoms with Crippen LogP contribution in [0.4, 0.5) is 0 Å². The van der Waals surface area contributed by atoms with Crippen LogP contribution in [0.1, 0.15) is 21.1 Å². The maximum absolute atomic E-state index is 12.3. The van der Waals surface area contributed by atoms with E-state index in [9.17, 15) is 19.2 Å². The smallest absolute Gasteiger partial charge is 0.287 e. The predicted octanol–water partition coefficient (Wildman–Crippen LogP) is 2.67. The van der Waals surface area contributed by atoms with Crippen LogP contribution in [0.2, 0.25) is 0 Å². The second kappa shape index (κ2) is 5.77. The lowest BCUT2D eigenvalue weighted by Gasteiger charge is -2.08. The zero-order chi connectivity index (χ0) is 17.6. The van der Waals surface area contributed by atoms with Crippen molar-refractivity contribution in [2.45, 2.75) is 0 Å². The van der Waals surface area contributed by atoms with Gasteiger partial charge in [-0.2, -0.15) is 0 Å². The van der Waals surface area contributed by atoms with Gasteiger partial charge in [-0.05, 0) is 23.2 Å². The van der Waals surface area contributed by atoms with Crippen LogP contribution in [-0.2, 0) is 0 Å². The Morgan fingerprint density at radius 2 is 1.46 bits per heavy atom. The van der Waals surface area contributed by atoms with Gasteiger partial charge in [-0.15, -0.1) is 0 Å². The van der Waals surface area contributed by atoms with Crippen molar-refractivity contribution in [2.24, 2.45) is 0 Å². The molecule has 2 aromatic heterocycles. The third kappa shape index (κ3) is 2.47. The van der Waals surface area contributed by atoms with E-state index in [0.717, 1.165) is 12.1 Å². The Labute approximate surface area is 142 Å². The summed E-state index contributed by atoms with van der Waals surface area (Å²) < 4.78 is 15.7. The second-order valence-electron chi connectivity index (χ2n) is 4.65. The molecule has 24 heavy (non-hydrogen) atoms. The molecular weight excluding hydrogens is 363 g/mol. The molecule has 0 unspecified atom stereocenters. The number of carbonyl (C=O) groups excluding carboxylic acids is 2. The molecule has 3 aromatic rings. The fraction of sp³-hybridized carbons (Fsp3) is 0.0667. The van der Waals surface area contributed by atoms with E-state index in [1.165, 1.54) is 13.2 Å². The molecule has 1 aromatic carbocycles. The Kier molecular flexibility index (Phi) is 3.90. The van der Waals surface area contributed by atoms with Crippen LogP contribution in [-0.4, -0.2) is 17.6 Å². The van der Waals surface area contributed by atoms with Crippen LogP contribution in [0.25, 0.3) is 21.9 Å². The Bertz CT molecular complexity index is 1140.